The van der Waals surface area contributed by atoms with Crippen LogP contribution < -0.4 is 4.31 Å². The molecule has 0 saturated carbocycles. The van der Waals surface area contributed by atoms with Crippen LogP contribution in [0.3, 0.4) is 0 Å². The van der Waals surface area contributed by atoms with E-state index in [0.717, 1.165) is 35.2 Å². The molecule has 6 heteroatoms. The molecule has 0 aliphatic carbocycles. The maximum Gasteiger partial charge on any atom is 0.264 e. The van der Waals surface area contributed by atoms with Crippen molar-refractivity contribution in [1.29, 1.82) is 0 Å². The molecule has 0 saturated heterocycles. The van der Waals surface area contributed by atoms with Crippen LogP contribution in [0.1, 0.15) is 29.5 Å². The second-order valence-corrected chi connectivity index (χ2v) is 10.1. The van der Waals surface area contributed by atoms with Gasteiger partial charge in [0.2, 0.25) is 5.91 Å². The largest absolute Gasteiger partial charge is 0.341 e. The summed E-state index contributed by atoms with van der Waals surface area (Å²) in [7, 11) is -1.81. The average molecular weight is 449 g/mol. The fraction of sp³-hybridized carbons (Fsp3) is 0.269. The standard InChI is InChI=1S/C26H28N2O3S/c1-27(20-22-8-3-2-4-9-22)26(29)18-15-21-13-16-24(17-14-21)32(30,31)28-19-7-11-23-10-5-6-12-25(23)28/h2-6,8-10,12-14,16-17H,7,11,15,18-20H2,1H3. The molecule has 1 aliphatic rings. The van der Waals surface area contributed by atoms with E-state index in [4.69, 9.17) is 0 Å². The lowest BCUT2D eigenvalue weighted by atomic mass is 10.0. The third-order valence-corrected chi connectivity index (χ3v) is 7.72. The number of carbonyl (C=O) groups is 1. The second kappa shape index (κ2) is 9.57. The molecule has 0 aromatic heterocycles. The van der Waals surface area contributed by atoms with Crippen molar-refractivity contribution in [3.63, 3.8) is 0 Å². The summed E-state index contributed by atoms with van der Waals surface area (Å²) >= 11 is 0. The van der Waals surface area contributed by atoms with Gasteiger partial charge in [-0.25, -0.2) is 8.42 Å². The van der Waals surface area contributed by atoms with E-state index in [-0.39, 0.29) is 10.8 Å². The molecule has 5 nitrogen and oxygen atoms in total. The van der Waals surface area contributed by atoms with Gasteiger partial charge in [-0.2, -0.15) is 0 Å². The number of para-hydroxylation sites is 1. The van der Waals surface area contributed by atoms with Crippen LogP contribution in [0, 0.1) is 0 Å². The summed E-state index contributed by atoms with van der Waals surface area (Å²) in [4.78, 5) is 14.5. The van der Waals surface area contributed by atoms with E-state index >= 15 is 0 Å². The summed E-state index contributed by atoms with van der Waals surface area (Å²) in [6.07, 6.45) is 2.67. The van der Waals surface area contributed by atoms with Gasteiger partial charge in [0.05, 0.1) is 10.6 Å². The molecule has 1 aliphatic heterocycles. The van der Waals surface area contributed by atoms with Gasteiger partial charge in [-0.15, -0.1) is 0 Å². The first-order valence-electron chi connectivity index (χ1n) is 10.9. The van der Waals surface area contributed by atoms with Gasteiger partial charge in [0, 0.05) is 26.6 Å². The van der Waals surface area contributed by atoms with Crippen molar-refractivity contribution in [2.45, 2.75) is 37.1 Å². The van der Waals surface area contributed by atoms with E-state index in [1.54, 1.807) is 17.0 Å². The van der Waals surface area contributed by atoms with Crippen molar-refractivity contribution < 1.29 is 13.2 Å². The first-order valence-corrected chi connectivity index (χ1v) is 12.4. The Balaban J connectivity index is 1.39. The molecule has 0 atom stereocenters. The Kier molecular flexibility index (Phi) is 6.61. The second-order valence-electron chi connectivity index (χ2n) is 8.19. The van der Waals surface area contributed by atoms with E-state index in [0.29, 0.717) is 25.9 Å². The van der Waals surface area contributed by atoms with E-state index < -0.39 is 10.0 Å². The zero-order valence-electron chi connectivity index (χ0n) is 18.3. The summed E-state index contributed by atoms with van der Waals surface area (Å²) in [6.45, 7) is 1.07. The van der Waals surface area contributed by atoms with Crippen LogP contribution in [0.25, 0.3) is 0 Å². The lowest BCUT2D eigenvalue weighted by molar-refractivity contribution is -0.130. The number of nitrogens with zero attached hydrogens (tertiary/aromatic N) is 2. The van der Waals surface area contributed by atoms with Crippen LogP contribution in [-0.4, -0.2) is 32.8 Å². The Morgan fingerprint density at radius 2 is 1.59 bits per heavy atom. The molecule has 0 bridgehead atoms. The number of amides is 1. The van der Waals surface area contributed by atoms with E-state index in [1.165, 1.54) is 4.31 Å². The predicted molar refractivity (Wildman–Crippen MR) is 127 cm³/mol. The van der Waals surface area contributed by atoms with Crippen LogP contribution in [0.2, 0.25) is 0 Å². The molecule has 1 heterocycles. The summed E-state index contributed by atoms with van der Waals surface area (Å²) < 4.78 is 28.0. The van der Waals surface area contributed by atoms with Crippen LogP contribution in [0.5, 0.6) is 0 Å². The van der Waals surface area contributed by atoms with Crippen LogP contribution >= 0.6 is 0 Å². The van der Waals surface area contributed by atoms with Gasteiger partial charge in [-0.1, -0.05) is 60.7 Å². The van der Waals surface area contributed by atoms with Crippen LogP contribution in [0.4, 0.5) is 5.69 Å². The molecule has 3 aromatic carbocycles. The molecule has 0 fully saturated rings. The summed E-state index contributed by atoms with van der Waals surface area (Å²) in [5.41, 5.74) is 3.88. The minimum atomic E-state index is -3.61. The van der Waals surface area contributed by atoms with Gasteiger partial charge in [0.15, 0.2) is 0 Å². The number of aryl methyl sites for hydroxylation is 2. The lowest BCUT2D eigenvalue weighted by Gasteiger charge is -2.30. The van der Waals surface area contributed by atoms with E-state index in [2.05, 4.69) is 0 Å². The first kappa shape index (κ1) is 22.1. The highest BCUT2D eigenvalue weighted by atomic mass is 32.2. The highest BCUT2D eigenvalue weighted by Gasteiger charge is 2.28. The number of hydrogen-bond donors (Lipinski definition) is 0. The van der Waals surface area contributed by atoms with Crippen molar-refractivity contribution in [2.24, 2.45) is 0 Å². The van der Waals surface area contributed by atoms with E-state index in [1.807, 2.05) is 73.8 Å². The fourth-order valence-electron chi connectivity index (χ4n) is 4.09. The van der Waals surface area contributed by atoms with Crippen LogP contribution in [0.15, 0.2) is 83.8 Å². The normalized spacial score (nSPS) is 13.5. The Bertz CT molecular complexity index is 1180. The van der Waals surface area contributed by atoms with Gasteiger partial charge in [0.1, 0.15) is 0 Å². The molecular formula is C26H28N2O3S. The molecule has 0 N–H and O–H groups in total. The number of carbonyl (C=O) groups excluding carboxylic acids is 1. The number of anilines is 1. The van der Waals surface area contributed by atoms with Crippen molar-refractivity contribution in [3.05, 3.63) is 95.6 Å². The third kappa shape index (κ3) is 4.86. The summed E-state index contributed by atoms with van der Waals surface area (Å²) in [6, 6.07) is 24.5. The van der Waals surface area contributed by atoms with Crippen molar-refractivity contribution in [3.8, 4) is 0 Å². The van der Waals surface area contributed by atoms with Gasteiger partial charge >= 0.3 is 0 Å². The Labute approximate surface area is 190 Å². The van der Waals surface area contributed by atoms with Crippen molar-refractivity contribution >= 4 is 21.6 Å². The molecule has 1 amide bonds. The maximum atomic E-state index is 13.3. The SMILES string of the molecule is CN(Cc1ccccc1)C(=O)CCc1ccc(S(=O)(=O)N2CCCc3ccccc32)cc1. The number of hydrogen-bond acceptors (Lipinski definition) is 3. The van der Waals surface area contributed by atoms with Gasteiger partial charge < -0.3 is 4.90 Å². The minimum Gasteiger partial charge on any atom is -0.341 e. The maximum absolute atomic E-state index is 13.3. The first-order chi connectivity index (χ1) is 15.4. The molecule has 166 valence electrons. The Morgan fingerprint density at radius 1 is 0.906 bits per heavy atom. The highest BCUT2D eigenvalue weighted by molar-refractivity contribution is 7.92. The Morgan fingerprint density at radius 3 is 2.34 bits per heavy atom. The number of rotatable bonds is 7. The average Bonchev–Trinajstić information content (AvgIpc) is 2.83. The van der Waals surface area contributed by atoms with Crippen molar-refractivity contribution in [2.75, 3.05) is 17.9 Å². The number of benzene rings is 3. The number of sulfonamides is 1. The zero-order chi connectivity index (χ0) is 22.6. The predicted octanol–water partition coefficient (Wildman–Crippen LogP) is 4.42. The molecular weight excluding hydrogens is 420 g/mol. The minimum absolute atomic E-state index is 0.0653. The zero-order valence-corrected chi connectivity index (χ0v) is 19.1. The molecule has 3 aromatic rings. The molecule has 4 rings (SSSR count). The number of fused-ring (bicyclic) bond motifs is 1. The van der Waals surface area contributed by atoms with Gasteiger partial charge in [-0.3, -0.25) is 9.10 Å². The highest BCUT2D eigenvalue weighted by Crippen LogP contribution is 2.31. The summed E-state index contributed by atoms with van der Waals surface area (Å²) in [5, 5.41) is 0. The van der Waals surface area contributed by atoms with Gasteiger partial charge in [0.25, 0.3) is 10.0 Å². The molecule has 32 heavy (non-hydrogen) atoms. The molecule has 0 radical (unpaired) electrons. The van der Waals surface area contributed by atoms with Crippen LogP contribution in [-0.2, 0) is 34.2 Å². The Hall–Kier alpha value is -3.12. The fourth-order valence-corrected chi connectivity index (χ4v) is 5.63. The quantitative estimate of drug-likeness (QED) is 0.538. The van der Waals surface area contributed by atoms with Gasteiger partial charge in [-0.05, 0) is 54.2 Å². The van der Waals surface area contributed by atoms with Crippen molar-refractivity contribution in [1.82, 2.24) is 4.90 Å². The lowest BCUT2D eigenvalue weighted by Crippen LogP contribution is -2.35. The monoisotopic (exact) mass is 448 g/mol. The third-order valence-electron chi connectivity index (χ3n) is 5.89. The topological polar surface area (TPSA) is 57.7 Å². The van der Waals surface area contributed by atoms with E-state index in [9.17, 15) is 13.2 Å². The molecule has 0 unspecified atom stereocenters. The smallest absolute Gasteiger partial charge is 0.264 e. The summed E-state index contributed by atoms with van der Waals surface area (Å²) in [5.74, 6) is 0.0653. The molecule has 0 spiro atoms.